The van der Waals surface area contributed by atoms with E-state index in [1.165, 1.54) is 0 Å². The lowest BCUT2D eigenvalue weighted by Gasteiger charge is -2.15. The zero-order valence-electron chi connectivity index (χ0n) is 12.0. The van der Waals surface area contributed by atoms with Gasteiger partial charge >= 0.3 is 0 Å². The molecule has 1 aliphatic carbocycles. The average Bonchev–Trinajstić information content (AvgIpc) is 2.88. The van der Waals surface area contributed by atoms with E-state index in [0.717, 1.165) is 23.6 Å². The van der Waals surface area contributed by atoms with Gasteiger partial charge in [0.1, 0.15) is 0 Å². The molecule has 0 bridgehead atoms. The minimum atomic E-state index is -0.315. The van der Waals surface area contributed by atoms with E-state index in [2.05, 4.69) is 5.32 Å². The maximum atomic E-state index is 11.6. The Bertz CT molecular complexity index is 684. The molecule has 2 amide bonds. The Hall–Kier alpha value is -2.24. The molecule has 3 N–H and O–H groups in total. The number of carbonyl (C=O) groups is 2. The SMILES string of the molecule is O=C1NC(=O)c2cccc3cccc1c23.O[C@@H]1CC[C@H](O)C1. The van der Waals surface area contributed by atoms with E-state index in [0.29, 0.717) is 17.5 Å². The molecule has 2 aromatic carbocycles. The average molecular weight is 299 g/mol. The highest BCUT2D eigenvalue weighted by molar-refractivity contribution is 6.25. The summed E-state index contributed by atoms with van der Waals surface area (Å²) in [6, 6.07) is 10.9. The van der Waals surface area contributed by atoms with E-state index < -0.39 is 0 Å². The van der Waals surface area contributed by atoms with Crippen molar-refractivity contribution in [2.45, 2.75) is 31.5 Å². The highest BCUT2D eigenvalue weighted by Crippen LogP contribution is 2.25. The molecule has 0 saturated heterocycles. The second-order valence-electron chi connectivity index (χ2n) is 5.61. The minimum Gasteiger partial charge on any atom is -0.393 e. The summed E-state index contributed by atoms with van der Waals surface area (Å²) in [7, 11) is 0. The fourth-order valence-corrected chi connectivity index (χ4v) is 2.89. The van der Waals surface area contributed by atoms with Crippen LogP contribution in [0.2, 0.25) is 0 Å². The number of nitrogens with one attached hydrogen (secondary N) is 1. The van der Waals surface area contributed by atoms with Crippen LogP contribution in [0.1, 0.15) is 40.0 Å². The van der Waals surface area contributed by atoms with Crippen LogP contribution in [0.25, 0.3) is 10.8 Å². The number of amides is 2. The molecule has 0 unspecified atom stereocenters. The van der Waals surface area contributed by atoms with Crippen molar-refractivity contribution in [2.24, 2.45) is 0 Å². The molecule has 2 aromatic rings. The molecule has 4 rings (SSSR count). The van der Waals surface area contributed by atoms with Gasteiger partial charge in [-0.05, 0) is 36.8 Å². The molecule has 0 radical (unpaired) electrons. The first-order valence-corrected chi connectivity index (χ1v) is 7.30. The van der Waals surface area contributed by atoms with Gasteiger partial charge in [0.2, 0.25) is 0 Å². The number of hydrogen-bond donors (Lipinski definition) is 3. The summed E-state index contributed by atoms with van der Waals surface area (Å²) >= 11 is 0. The van der Waals surface area contributed by atoms with E-state index >= 15 is 0 Å². The Morgan fingerprint density at radius 3 is 1.77 bits per heavy atom. The molecule has 5 heteroatoms. The number of imide groups is 1. The van der Waals surface area contributed by atoms with E-state index in [1.807, 2.05) is 24.3 Å². The van der Waals surface area contributed by atoms with Crippen LogP contribution in [-0.2, 0) is 0 Å². The van der Waals surface area contributed by atoms with Gasteiger partial charge in [0, 0.05) is 16.5 Å². The van der Waals surface area contributed by atoms with Crippen molar-refractivity contribution >= 4 is 22.6 Å². The molecule has 1 heterocycles. The number of benzene rings is 2. The fraction of sp³-hybridized carbons (Fsp3) is 0.294. The van der Waals surface area contributed by atoms with Gasteiger partial charge in [-0.1, -0.05) is 24.3 Å². The first kappa shape index (κ1) is 14.7. The molecule has 5 nitrogen and oxygen atoms in total. The number of aliphatic hydroxyl groups is 2. The topological polar surface area (TPSA) is 86.6 Å². The van der Waals surface area contributed by atoms with E-state index in [9.17, 15) is 9.59 Å². The molecule has 2 atom stereocenters. The molecule has 0 spiro atoms. The third-order valence-electron chi connectivity index (χ3n) is 4.00. The molecule has 114 valence electrons. The van der Waals surface area contributed by atoms with Gasteiger partial charge < -0.3 is 10.2 Å². The maximum absolute atomic E-state index is 11.6. The Kier molecular flexibility index (Phi) is 3.92. The summed E-state index contributed by atoms with van der Waals surface area (Å²) in [5.41, 5.74) is 1.14. The van der Waals surface area contributed by atoms with Gasteiger partial charge in [-0.3, -0.25) is 14.9 Å². The van der Waals surface area contributed by atoms with Crippen molar-refractivity contribution in [3.05, 3.63) is 47.5 Å². The molecule has 1 saturated carbocycles. The monoisotopic (exact) mass is 299 g/mol. The van der Waals surface area contributed by atoms with Crippen LogP contribution < -0.4 is 5.32 Å². The molecule has 1 fully saturated rings. The second kappa shape index (κ2) is 5.87. The number of carbonyl (C=O) groups excluding carboxylic acids is 2. The summed E-state index contributed by atoms with van der Waals surface area (Å²) in [6.45, 7) is 0. The zero-order chi connectivity index (χ0) is 15.7. The van der Waals surface area contributed by atoms with Gasteiger partial charge in [-0.25, -0.2) is 0 Å². The summed E-state index contributed by atoms with van der Waals surface area (Å²) in [4.78, 5) is 23.1. The Morgan fingerprint density at radius 2 is 1.36 bits per heavy atom. The summed E-state index contributed by atoms with van der Waals surface area (Å²) in [6.07, 6.45) is 1.69. The third-order valence-corrected chi connectivity index (χ3v) is 4.00. The van der Waals surface area contributed by atoms with Crippen molar-refractivity contribution in [3.63, 3.8) is 0 Å². The van der Waals surface area contributed by atoms with Crippen molar-refractivity contribution in [3.8, 4) is 0 Å². The van der Waals surface area contributed by atoms with Crippen LogP contribution >= 0.6 is 0 Å². The fourth-order valence-electron chi connectivity index (χ4n) is 2.89. The predicted octanol–water partition coefficient (Wildman–Crippen LogP) is 1.62. The van der Waals surface area contributed by atoms with Crippen LogP contribution in [-0.4, -0.2) is 34.2 Å². The second-order valence-corrected chi connectivity index (χ2v) is 5.61. The first-order valence-electron chi connectivity index (χ1n) is 7.30. The molecular formula is C17H17NO4. The van der Waals surface area contributed by atoms with Gasteiger partial charge in [0.25, 0.3) is 11.8 Å². The Labute approximate surface area is 127 Å². The lowest BCUT2D eigenvalue weighted by atomic mass is 9.95. The summed E-state index contributed by atoms with van der Waals surface area (Å²) in [5, 5.41) is 21.5. The van der Waals surface area contributed by atoms with Gasteiger partial charge in [0.05, 0.1) is 12.2 Å². The van der Waals surface area contributed by atoms with Crippen molar-refractivity contribution < 1.29 is 19.8 Å². The Balaban J connectivity index is 0.000000174. The van der Waals surface area contributed by atoms with E-state index in [1.54, 1.807) is 12.1 Å². The van der Waals surface area contributed by atoms with Crippen LogP contribution in [0.5, 0.6) is 0 Å². The minimum absolute atomic E-state index is 0.227. The first-order chi connectivity index (χ1) is 10.6. The highest BCUT2D eigenvalue weighted by Gasteiger charge is 2.23. The molecule has 2 aliphatic rings. The molecule has 22 heavy (non-hydrogen) atoms. The van der Waals surface area contributed by atoms with Gasteiger partial charge in [-0.2, -0.15) is 0 Å². The Morgan fingerprint density at radius 1 is 0.864 bits per heavy atom. The van der Waals surface area contributed by atoms with Crippen LogP contribution in [0.3, 0.4) is 0 Å². The number of hydrogen-bond acceptors (Lipinski definition) is 4. The number of aliphatic hydroxyl groups excluding tert-OH is 2. The van der Waals surface area contributed by atoms with Gasteiger partial charge in [-0.15, -0.1) is 0 Å². The molecule has 0 aromatic heterocycles. The zero-order valence-corrected chi connectivity index (χ0v) is 12.0. The third kappa shape index (κ3) is 2.73. The lowest BCUT2D eigenvalue weighted by Crippen LogP contribution is -2.34. The van der Waals surface area contributed by atoms with E-state index in [-0.39, 0.29) is 24.0 Å². The van der Waals surface area contributed by atoms with Crippen molar-refractivity contribution in [1.29, 1.82) is 0 Å². The standard InChI is InChI=1S/C12H7NO2.C5H10O2/c14-11-8-5-1-3-7-4-2-6-9(10(7)8)12(15)13-11;6-4-1-2-5(7)3-4/h1-6H,(H,13,14,15);4-7H,1-3H2/t;4-,5+. The summed E-state index contributed by atoms with van der Waals surface area (Å²) in [5.74, 6) is -0.631. The number of rotatable bonds is 0. The molecular weight excluding hydrogens is 282 g/mol. The molecule has 1 aliphatic heterocycles. The maximum Gasteiger partial charge on any atom is 0.258 e. The van der Waals surface area contributed by atoms with Crippen LogP contribution in [0.15, 0.2) is 36.4 Å². The normalized spacial score (nSPS) is 23.0. The smallest absolute Gasteiger partial charge is 0.258 e. The van der Waals surface area contributed by atoms with Crippen LogP contribution in [0, 0.1) is 0 Å². The van der Waals surface area contributed by atoms with Crippen molar-refractivity contribution in [1.82, 2.24) is 5.32 Å². The largest absolute Gasteiger partial charge is 0.393 e. The van der Waals surface area contributed by atoms with Crippen LogP contribution in [0.4, 0.5) is 0 Å². The van der Waals surface area contributed by atoms with Crippen molar-refractivity contribution in [2.75, 3.05) is 0 Å². The van der Waals surface area contributed by atoms with E-state index in [4.69, 9.17) is 10.2 Å². The van der Waals surface area contributed by atoms with Gasteiger partial charge in [0.15, 0.2) is 0 Å². The quantitative estimate of drug-likeness (QED) is 0.645. The summed E-state index contributed by atoms with van der Waals surface area (Å²) < 4.78 is 0. The predicted molar refractivity (Wildman–Crippen MR) is 81.6 cm³/mol. The lowest BCUT2D eigenvalue weighted by molar-refractivity contribution is 0.0844. The highest BCUT2D eigenvalue weighted by atomic mass is 16.3.